The first-order valence-electron chi connectivity index (χ1n) is 7.63. The van der Waals surface area contributed by atoms with Crippen LogP contribution < -0.4 is 15.0 Å². The molecule has 3 rings (SSSR count). The van der Waals surface area contributed by atoms with Crippen molar-refractivity contribution in [2.75, 3.05) is 12.0 Å². The Bertz CT molecular complexity index is 913. The van der Waals surface area contributed by atoms with Gasteiger partial charge in [0.25, 0.3) is 5.91 Å². The zero-order valence-electron chi connectivity index (χ0n) is 13.7. The van der Waals surface area contributed by atoms with Crippen molar-refractivity contribution in [1.29, 1.82) is 0 Å². The number of methoxy groups -OCH3 is 1. The molecule has 0 unspecified atom stereocenters. The molecule has 1 heterocycles. The number of nitrogens with one attached hydrogen (secondary N) is 1. The van der Waals surface area contributed by atoms with Gasteiger partial charge in [0.1, 0.15) is 5.75 Å². The molecule has 0 aliphatic carbocycles. The van der Waals surface area contributed by atoms with Crippen molar-refractivity contribution < 1.29 is 19.1 Å². The molecule has 1 fully saturated rings. The van der Waals surface area contributed by atoms with E-state index in [1.54, 1.807) is 42.5 Å². The Hall–Kier alpha value is -3.00. The minimum atomic E-state index is -1.23. The Morgan fingerprint density at radius 1 is 1.12 bits per heavy atom. The Morgan fingerprint density at radius 3 is 2.54 bits per heavy atom. The van der Waals surface area contributed by atoms with Crippen molar-refractivity contribution in [3.05, 3.63) is 53.0 Å². The first-order chi connectivity index (χ1) is 12.5. The van der Waals surface area contributed by atoms with Crippen LogP contribution in [-0.2, 0) is 9.59 Å². The van der Waals surface area contributed by atoms with E-state index < -0.39 is 23.8 Å². The summed E-state index contributed by atoms with van der Waals surface area (Å²) in [5.41, 5.74) is 0.818. The van der Waals surface area contributed by atoms with Crippen LogP contribution in [-0.4, -0.2) is 31.2 Å². The number of rotatable bonds is 4. The van der Waals surface area contributed by atoms with E-state index in [9.17, 15) is 14.4 Å². The van der Waals surface area contributed by atoms with Gasteiger partial charge in [-0.2, -0.15) is 0 Å². The molecule has 132 valence electrons. The summed E-state index contributed by atoms with van der Waals surface area (Å²) in [6, 6.07) is 12.9. The van der Waals surface area contributed by atoms with Gasteiger partial charge in [0.15, 0.2) is 5.92 Å². The molecule has 1 aliphatic heterocycles. The SMILES string of the molecule is COc1ccccc1N1C(=O)NC(=O)[C@@H](C=Nc2ccccc2Br)C1=O. The van der Waals surface area contributed by atoms with E-state index in [2.05, 4.69) is 26.2 Å². The second-order valence-electron chi connectivity index (χ2n) is 5.35. The van der Waals surface area contributed by atoms with E-state index in [0.29, 0.717) is 11.4 Å². The van der Waals surface area contributed by atoms with Crippen LogP contribution in [0.3, 0.4) is 0 Å². The van der Waals surface area contributed by atoms with Gasteiger partial charge in [-0.05, 0) is 40.2 Å². The molecule has 1 saturated heterocycles. The lowest BCUT2D eigenvalue weighted by Gasteiger charge is -2.29. The predicted octanol–water partition coefficient (Wildman–Crippen LogP) is 3.06. The van der Waals surface area contributed by atoms with Gasteiger partial charge in [0.2, 0.25) is 5.91 Å². The van der Waals surface area contributed by atoms with E-state index in [1.807, 2.05) is 6.07 Å². The van der Waals surface area contributed by atoms with Gasteiger partial charge < -0.3 is 4.74 Å². The summed E-state index contributed by atoms with van der Waals surface area (Å²) in [5, 5.41) is 2.18. The summed E-state index contributed by atoms with van der Waals surface area (Å²) in [4.78, 5) is 42.3. The third-order valence-corrected chi connectivity index (χ3v) is 4.41. The topological polar surface area (TPSA) is 88.1 Å². The largest absolute Gasteiger partial charge is 0.495 e. The molecule has 0 bridgehead atoms. The fourth-order valence-corrected chi connectivity index (χ4v) is 2.86. The number of para-hydroxylation sites is 3. The Balaban J connectivity index is 1.95. The molecule has 0 aromatic heterocycles. The standard InChI is InChI=1S/C18H14BrN3O4/c1-26-15-9-5-4-8-14(15)22-17(24)11(16(23)21-18(22)25)10-20-13-7-3-2-6-12(13)19/h2-11H,1H3,(H,21,23,25)/t11-/m1/s1. The monoisotopic (exact) mass is 415 g/mol. The number of barbiturate groups is 1. The van der Waals surface area contributed by atoms with Crippen LogP contribution in [0.5, 0.6) is 5.75 Å². The number of benzene rings is 2. The molecule has 2 aromatic rings. The third kappa shape index (κ3) is 3.36. The average molecular weight is 416 g/mol. The number of ether oxygens (including phenoxy) is 1. The summed E-state index contributed by atoms with van der Waals surface area (Å²) in [7, 11) is 1.43. The number of aliphatic imine (C=N–C) groups is 1. The van der Waals surface area contributed by atoms with E-state index in [0.717, 1.165) is 9.37 Å². The Labute approximate surface area is 157 Å². The van der Waals surface area contributed by atoms with Gasteiger partial charge in [-0.3, -0.25) is 19.9 Å². The second kappa shape index (κ2) is 7.49. The molecular formula is C18H14BrN3O4. The number of amides is 4. The van der Waals surface area contributed by atoms with E-state index >= 15 is 0 Å². The van der Waals surface area contributed by atoms with E-state index in [1.165, 1.54) is 13.3 Å². The highest BCUT2D eigenvalue weighted by Gasteiger charge is 2.41. The van der Waals surface area contributed by atoms with Crippen molar-refractivity contribution in [2.45, 2.75) is 0 Å². The summed E-state index contributed by atoms with van der Waals surface area (Å²) < 4.78 is 5.92. The maximum Gasteiger partial charge on any atom is 0.335 e. The smallest absolute Gasteiger partial charge is 0.335 e. The van der Waals surface area contributed by atoms with Gasteiger partial charge in [-0.25, -0.2) is 9.69 Å². The first-order valence-corrected chi connectivity index (χ1v) is 8.42. The fraction of sp³-hybridized carbons (Fsp3) is 0.111. The average Bonchev–Trinajstić information content (AvgIpc) is 2.63. The molecular weight excluding hydrogens is 402 g/mol. The van der Waals surface area contributed by atoms with Gasteiger partial charge in [0.05, 0.1) is 18.5 Å². The molecule has 1 N–H and O–H groups in total. The van der Waals surface area contributed by atoms with Crippen molar-refractivity contribution >= 4 is 51.4 Å². The predicted molar refractivity (Wildman–Crippen MR) is 99.8 cm³/mol. The van der Waals surface area contributed by atoms with Gasteiger partial charge in [0, 0.05) is 10.7 Å². The quantitative estimate of drug-likeness (QED) is 0.613. The number of hydrogen-bond donors (Lipinski definition) is 1. The summed E-state index contributed by atoms with van der Waals surface area (Å²) in [5.74, 6) is -2.31. The third-order valence-electron chi connectivity index (χ3n) is 3.74. The van der Waals surface area contributed by atoms with Crippen molar-refractivity contribution in [3.8, 4) is 5.75 Å². The normalized spacial score (nSPS) is 17.5. The van der Waals surface area contributed by atoms with Crippen LogP contribution >= 0.6 is 15.9 Å². The number of carbonyl (C=O) groups excluding carboxylic acids is 3. The van der Waals surface area contributed by atoms with Crippen molar-refractivity contribution in [1.82, 2.24) is 5.32 Å². The maximum atomic E-state index is 12.8. The van der Waals surface area contributed by atoms with Gasteiger partial charge in [-0.1, -0.05) is 24.3 Å². The highest BCUT2D eigenvalue weighted by molar-refractivity contribution is 9.10. The van der Waals surface area contributed by atoms with E-state index in [-0.39, 0.29) is 5.69 Å². The summed E-state index contributed by atoms with van der Waals surface area (Å²) in [6.45, 7) is 0. The molecule has 2 aromatic carbocycles. The second-order valence-corrected chi connectivity index (χ2v) is 6.20. The Morgan fingerprint density at radius 2 is 1.81 bits per heavy atom. The van der Waals surface area contributed by atoms with Crippen LogP contribution in [0.15, 0.2) is 58.0 Å². The lowest BCUT2D eigenvalue weighted by Crippen LogP contribution is -2.58. The molecule has 0 radical (unpaired) electrons. The highest BCUT2D eigenvalue weighted by Crippen LogP contribution is 2.30. The van der Waals surface area contributed by atoms with Gasteiger partial charge in [-0.15, -0.1) is 0 Å². The number of halogens is 1. The number of hydrogen-bond acceptors (Lipinski definition) is 5. The lowest BCUT2D eigenvalue weighted by atomic mass is 10.1. The summed E-state index contributed by atoms with van der Waals surface area (Å²) in [6.07, 6.45) is 1.23. The van der Waals surface area contributed by atoms with Gasteiger partial charge >= 0.3 is 6.03 Å². The minimum absolute atomic E-state index is 0.254. The number of imide groups is 2. The Kier molecular flexibility index (Phi) is 5.13. The molecule has 1 aliphatic rings. The number of urea groups is 1. The maximum absolute atomic E-state index is 12.8. The van der Waals surface area contributed by atoms with Crippen LogP contribution in [0, 0.1) is 5.92 Å². The van der Waals surface area contributed by atoms with Crippen molar-refractivity contribution in [2.24, 2.45) is 10.9 Å². The van der Waals surface area contributed by atoms with Crippen molar-refractivity contribution in [3.63, 3.8) is 0 Å². The molecule has 1 atom stereocenters. The highest BCUT2D eigenvalue weighted by atomic mass is 79.9. The van der Waals surface area contributed by atoms with Crippen LogP contribution in [0.4, 0.5) is 16.2 Å². The molecule has 0 spiro atoms. The fourth-order valence-electron chi connectivity index (χ4n) is 2.48. The number of carbonyl (C=O) groups is 3. The zero-order valence-corrected chi connectivity index (χ0v) is 15.3. The lowest BCUT2D eigenvalue weighted by molar-refractivity contribution is -0.131. The van der Waals surface area contributed by atoms with E-state index in [4.69, 9.17) is 4.74 Å². The molecule has 0 saturated carbocycles. The van der Waals surface area contributed by atoms with Crippen LogP contribution in [0.25, 0.3) is 0 Å². The summed E-state index contributed by atoms with van der Waals surface area (Å²) >= 11 is 3.35. The molecule has 7 nitrogen and oxygen atoms in total. The molecule has 8 heteroatoms. The first kappa shape index (κ1) is 17.8. The number of nitrogens with zero attached hydrogens (tertiary/aromatic N) is 2. The molecule has 4 amide bonds. The number of anilines is 1. The van der Waals surface area contributed by atoms with Crippen LogP contribution in [0.1, 0.15) is 0 Å². The van der Waals surface area contributed by atoms with Crippen LogP contribution in [0.2, 0.25) is 0 Å². The minimum Gasteiger partial charge on any atom is -0.495 e. The molecule has 26 heavy (non-hydrogen) atoms. The zero-order chi connectivity index (χ0) is 18.7.